The molecule has 0 bridgehead atoms. The van der Waals surface area contributed by atoms with Crippen molar-refractivity contribution < 1.29 is 0 Å². The second-order valence-corrected chi connectivity index (χ2v) is 4.00. The number of thiocarbonyl (C=S) groups is 1. The van der Waals surface area contributed by atoms with Gasteiger partial charge in [-0.25, -0.2) is 4.99 Å². The van der Waals surface area contributed by atoms with Gasteiger partial charge in [0.25, 0.3) is 0 Å². The summed E-state index contributed by atoms with van der Waals surface area (Å²) >= 11 is 6.03. The van der Waals surface area contributed by atoms with E-state index in [9.17, 15) is 0 Å². The Morgan fingerprint density at radius 3 is 2.40 bits per heavy atom. The number of aliphatic imine (C=N–C) groups is 2. The molecule has 0 saturated heterocycles. The van der Waals surface area contributed by atoms with Gasteiger partial charge >= 0.3 is 0 Å². The Morgan fingerprint density at radius 1 is 1.33 bits per heavy atom. The molecule has 1 aromatic carbocycles. The van der Waals surface area contributed by atoms with Gasteiger partial charge in [0, 0.05) is 0 Å². The summed E-state index contributed by atoms with van der Waals surface area (Å²) in [5.41, 5.74) is 3.25. The maximum absolute atomic E-state index is 4.57. The van der Waals surface area contributed by atoms with Crippen molar-refractivity contribution in [3.05, 3.63) is 29.3 Å². The van der Waals surface area contributed by atoms with Crippen LogP contribution in [0.15, 0.2) is 28.2 Å². The number of amidine groups is 1. The van der Waals surface area contributed by atoms with Gasteiger partial charge in [0.15, 0.2) is 5.17 Å². The predicted octanol–water partition coefficient (Wildman–Crippen LogP) is 3.76. The normalized spacial score (nSPS) is 11.0. The molecule has 78 valence electrons. The Labute approximate surface area is 99.5 Å². The zero-order valence-electron chi connectivity index (χ0n) is 8.94. The van der Waals surface area contributed by atoms with Crippen molar-refractivity contribution in [2.75, 3.05) is 6.26 Å². The number of aryl methyl sites for hydroxylation is 2. The van der Waals surface area contributed by atoms with Crippen LogP contribution in [0.5, 0.6) is 0 Å². The maximum Gasteiger partial charge on any atom is 0.197 e. The van der Waals surface area contributed by atoms with E-state index in [0.29, 0.717) is 5.17 Å². The minimum atomic E-state index is 0.641. The van der Waals surface area contributed by atoms with Crippen molar-refractivity contribution in [3.8, 4) is 0 Å². The molecule has 0 unspecified atom stereocenters. The molecule has 15 heavy (non-hydrogen) atoms. The summed E-state index contributed by atoms with van der Waals surface area (Å²) in [6.07, 6.45) is 1.92. The van der Waals surface area contributed by atoms with Crippen LogP contribution in [0, 0.1) is 13.8 Å². The van der Waals surface area contributed by atoms with E-state index in [4.69, 9.17) is 0 Å². The molecular formula is C11H12N2S2. The van der Waals surface area contributed by atoms with Crippen LogP contribution >= 0.6 is 24.0 Å². The molecule has 0 amide bonds. The first kappa shape index (κ1) is 12.1. The molecule has 1 aromatic rings. The van der Waals surface area contributed by atoms with E-state index in [1.165, 1.54) is 11.8 Å². The molecule has 0 atom stereocenters. The van der Waals surface area contributed by atoms with Gasteiger partial charge in [-0.05, 0) is 43.4 Å². The van der Waals surface area contributed by atoms with Gasteiger partial charge in [0.1, 0.15) is 0 Å². The van der Waals surface area contributed by atoms with Crippen molar-refractivity contribution in [1.82, 2.24) is 0 Å². The summed E-state index contributed by atoms with van der Waals surface area (Å²) in [7, 11) is 0. The number of benzene rings is 1. The van der Waals surface area contributed by atoms with E-state index in [1.54, 1.807) is 0 Å². The van der Waals surface area contributed by atoms with Gasteiger partial charge in [0.05, 0.1) is 10.8 Å². The lowest BCUT2D eigenvalue weighted by Crippen LogP contribution is -1.87. The smallest absolute Gasteiger partial charge is 0.197 e. The fourth-order valence-corrected chi connectivity index (χ4v) is 1.70. The number of hydrogen-bond acceptors (Lipinski definition) is 3. The molecule has 0 aliphatic rings. The highest BCUT2D eigenvalue weighted by Gasteiger charge is 2.01. The van der Waals surface area contributed by atoms with Crippen molar-refractivity contribution in [2.45, 2.75) is 13.8 Å². The quantitative estimate of drug-likeness (QED) is 0.421. The number of isothiocyanates is 1. The third-order valence-corrected chi connectivity index (χ3v) is 2.61. The zero-order valence-corrected chi connectivity index (χ0v) is 10.6. The summed E-state index contributed by atoms with van der Waals surface area (Å²) in [4.78, 5) is 8.35. The van der Waals surface area contributed by atoms with Gasteiger partial charge in [-0.1, -0.05) is 30.0 Å². The van der Waals surface area contributed by atoms with Gasteiger partial charge in [-0.15, -0.1) is 0 Å². The lowest BCUT2D eigenvalue weighted by molar-refractivity contribution is 1.33. The summed E-state index contributed by atoms with van der Waals surface area (Å²) in [5.74, 6) is 0. The SMILES string of the molecule is CSC(N=C=S)=Nc1c(C)cccc1C. The summed E-state index contributed by atoms with van der Waals surface area (Å²) in [6.45, 7) is 4.07. The van der Waals surface area contributed by atoms with Crippen molar-refractivity contribution >= 4 is 40.0 Å². The first-order valence-electron chi connectivity index (χ1n) is 4.45. The second-order valence-electron chi connectivity index (χ2n) is 3.04. The summed E-state index contributed by atoms with van der Waals surface area (Å²) in [5, 5.41) is 2.98. The predicted molar refractivity (Wildman–Crippen MR) is 71.6 cm³/mol. The van der Waals surface area contributed by atoms with Gasteiger partial charge in [-0.3, -0.25) is 0 Å². The van der Waals surface area contributed by atoms with Crippen LogP contribution < -0.4 is 0 Å². The number of para-hydroxylation sites is 1. The zero-order chi connectivity index (χ0) is 11.3. The maximum atomic E-state index is 4.57. The molecule has 0 aromatic heterocycles. The van der Waals surface area contributed by atoms with Gasteiger partial charge in [0.2, 0.25) is 0 Å². The lowest BCUT2D eigenvalue weighted by atomic mass is 10.1. The Hall–Kier alpha value is -0.960. The number of rotatable bonds is 1. The fourth-order valence-electron chi connectivity index (χ4n) is 1.23. The van der Waals surface area contributed by atoms with E-state index < -0.39 is 0 Å². The Morgan fingerprint density at radius 2 is 1.93 bits per heavy atom. The fraction of sp³-hybridized carbons (Fsp3) is 0.273. The van der Waals surface area contributed by atoms with Gasteiger partial charge in [-0.2, -0.15) is 4.99 Å². The van der Waals surface area contributed by atoms with Crippen LogP contribution in [-0.4, -0.2) is 16.6 Å². The van der Waals surface area contributed by atoms with E-state index >= 15 is 0 Å². The Kier molecular flexibility index (Phi) is 4.69. The average molecular weight is 236 g/mol. The molecule has 0 fully saturated rings. The highest BCUT2D eigenvalue weighted by atomic mass is 32.2. The summed E-state index contributed by atoms with van der Waals surface area (Å²) in [6, 6.07) is 6.08. The van der Waals surface area contributed by atoms with Crippen LogP contribution in [0.1, 0.15) is 11.1 Å². The van der Waals surface area contributed by atoms with Gasteiger partial charge < -0.3 is 0 Å². The van der Waals surface area contributed by atoms with Crippen LogP contribution in [0.25, 0.3) is 0 Å². The standard InChI is InChI=1S/C11H12N2S2/c1-8-5-4-6-9(2)10(8)13-11(15-3)12-7-14/h4-6H,1-3H3. The van der Waals surface area contributed by atoms with Crippen molar-refractivity contribution in [1.29, 1.82) is 0 Å². The van der Waals surface area contributed by atoms with Crippen molar-refractivity contribution in [3.63, 3.8) is 0 Å². The molecule has 0 heterocycles. The molecule has 0 spiro atoms. The second kappa shape index (κ2) is 5.81. The molecule has 0 N–H and O–H groups in total. The van der Waals surface area contributed by atoms with Crippen LogP contribution in [-0.2, 0) is 0 Å². The number of hydrogen-bond donors (Lipinski definition) is 0. The number of nitrogens with zero attached hydrogens (tertiary/aromatic N) is 2. The molecule has 1 rings (SSSR count). The van der Waals surface area contributed by atoms with E-state index in [-0.39, 0.29) is 0 Å². The third-order valence-electron chi connectivity index (χ3n) is 1.97. The molecule has 2 nitrogen and oxygen atoms in total. The Balaban J connectivity index is 3.21. The highest BCUT2D eigenvalue weighted by Crippen LogP contribution is 2.24. The van der Waals surface area contributed by atoms with E-state index in [2.05, 4.69) is 27.4 Å². The van der Waals surface area contributed by atoms with E-state index in [1.807, 2.05) is 38.3 Å². The minimum Gasteiger partial charge on any atom is -0.222 e. The lowest BCUT2D eigenvalue weighted by Gasteiger charge is -2.04. The molecule has 0 aliphatic heterocycles. The van der Waals surface area contributed by atoms with Crippen molar-refractivity contribution in [2.24, 2.45) is 9.98 Å². The first-order chi connectivity index (χ1) is 7.19. The summed E-state index contributed by atoms with van der Waals surface area (Å²) < 4.78 is 0. The Bertz CT molecular complexity index is 412. The van der Waals surface area contributed by atoms with Crippen LogP contribution in [0.3, 0.4) is 0 Å². The van der Waals surface area contributed by atoms with Crippen LogP contribution in [0.4, 0.5) is 5.69 Å². The highest BCUT2D eigenvalue weighted by molar-refractivity contribution is 8.13. The minimum absolute atomic E-state index is 0.641. The molecule has 0 aliphatic carbocycles. The first-order valence-corrected chi connectivity index (χ1v) is 6.09. The van der Waals surface area contributed by atoms with Crippen LogP contribution in [0.2, 0.25) is 0 Å². The average Bonchev–Trinajstić information content (AvgIpc) is 2.22. The molecule has 4 heteroatoms. The molecular weight excluding hydrogens is 224 g/mol. The third kappa shape index (κ3) is 3.27. The largest absolute Gasteiger partial charge is 0.222 e. The number of thioether (sulfide) groups is 1. The molecule has 0 radical (unpaired) electrons. The van der Waals surface area contributed by atoms with E-state index in [0.717, 1.165) is 16.8 Å². The topological polar surface area (TPSA) is 24.7 Å². The monoisotopic (exact) mass is 236 g/mol. The molecule has 0 saturated carbocycles.